The third kappa shape index (κ3) is 1.47. The van der Waals surface area contributed by atoms with Crippen LogP contribution in [0.3, 0.4) is 0 Å². The molecule has 4 heteroatoms. The van der Waals surface area contributed by atoms with Crippen molar-refractivity contribution in [2.75, 3.05) is 6.54 Å². The summed E-state index contributed by atoms with van der Waals surface area (Å²) in [5.41, 5.74) is 5.42. The van der Waals surface area contributed by atoms with Gasteiger partial charge in [-0.15, -0.1) is 0 Å². The summed E-state index contributed by atoms with van der Waals surface area (Å²) >= 11 is 0. The minimum atomic E-state index is -0.348. The number of amides is 2. The highest BCUT2D eigenvalue weighted by atomic mass is 16.2. The fourth-order valence-electron chi connectivity index (χ4n) is 2.83. The van der Waals surface area contributed by atoms with E-state index in [1.807, 2.05) is 6.92 Å². The molecule has 4 nitrogen and oxygen atoms in total. The van der Waals surface area contributed by atoms with Crippen LogP contribution in [0, 0.1) is 5.92 Å². The molecule has 0 radical (unpaired) electrons. The highest BCUT2D eigenvalue weighted by Crippen LogP contribution is 2.38. The number of imide groups is 1. The molecular weight excluding hydrogens is 192 g/mol. The summed E-state index contributed by atoms with van der Waals surface area (Å²) in [6, 6.07) is 0. The van der Waals surface area contributed by atoms with Crippen molar-refractivity contribution in [3.05, 3.63) is 0 Å². The molecule has 1 saturated heterocycles. The van der Waals surface area contributed by atoms with E-state index in [4.69, 9.17) is 5.73 Å². The molecule has 2 fully saturated rings. The Kier molecular flexibility index (Phi) is 2.54. The van der Waals surface area contributed by atoms with Crippen LogP contribution in [0.25, 0.3) is 0 Å². The average Bonchev–Trinajstić information content (AvgIpc) is 2.75. The fourth-order valence-corrected chi connectivity index (χ4v) is 2.83. The smallest absolute Gasteiger partial charge is 0.233 e. The lowest BCUT2D eigenvalue weighted by Gasteiger charge is -2.36. The minimum absolute atomic E-state index is 0.0210. The van der Waals surface area contributed by atoms with E-state index in [9.17, 15) is 9.59 Å². The van der Waals surface area contributed by atoms with Gasteiger partial charge in [0.1, 0.15) is 0 Å². The molecule has 0 aromatic rings. The van der Waals surface area contributed by atoms with Gasteiger partial charge in [-0.25, -0.2) is 0 Å². The number of nitrogens with two attached hydrogens (primary N) is 1. The Balaban J connectivity index is 2.28. The zero-order valence-corrected chi connectivity index (χ0v) is 9.16. The van der Waals surface area contributed by atoms with Crippen LogP contribution < -0.4 is 5.73 Å². The van der Waals surface area contributed by atoms with Gasteiger partial charge < -0.3 is 5.73 Å². The van der Waals surface area contributed by atoms with Crippen LogP contribution in [0.4, 0.5) is 0 Å². The topological polar surface area (TPSA) is 63.4 Å². The maximum atomic E-state index is 11.9. The third-order valence-corrected chi connectivity index (χ3v) is 3.76. The molecule has 0 aromatic carbocycles. The Morgan fingerprint density at radius 3 is 2.40 bits per heavy atom. The highest BCUT2D eigenvalue weighted by Gasteiger charge is 2.49. The number of hydrogen-bond acceptors (Lipinski definition) is 3. The summed E-state index contributed by atoms with van der Waals surface area (Å²) in [4.78, 5) is 25.2. The Hall–Kier alpha value is -0.900. The van der Waals surface area contributed by atoms with Crippen LogP contribution in [0.5, 0.6) is 0 Å². The molecule has 2 N–H and O–H groups in total. The van der Waals surface area contributed by atoms with Gasteiger partial charge in [-0.2, -0.15) is 0 Å². The summed E-state index contributed by atoms with van der Waals surface area (Å²) in [5.74, 6) is -0.200. The van der Waals surface area contributed by atoms with E-state index in [1.165, 1.54) is 4.90 Å². The van der Waals surface area contributed by atoms with E-state index in [0.717, 1.165) is 25.7 Å². The molecule has 1 heterocycles. The number of carbonyl (C=O) groups is 2. The first-order chi connectivity index (χ1) is 7.10. The van der Waals surface area contributed by atoms with Crippen LogP contribution >= 0.6 is 0 Å². The largest absolute Gasteiger partial charge is 0.328 e. The van der Waals surface area contributed by atoms with Crippen LogP contribution in [-0.2, 0) is 9.59 Å². The number of rotatable bonds is 2. The summed E-state index contributed by atoms with van der Waals surface area (Å²) < 4.78 is 0. The van der Waals surface area contributed by atoms with E-state index in [1.54, 1.807) is 0 Å². The van der Waals surface area contributed by atoms with Crippen molar-refractivity contribution < 1.29 is 9.59 Å². The fraction of sp³-hybridized carbons (Fsp3) is 0.818. The van der Waals surface area contributed by atoms with Crippen LogP contribution in [0.1, 0.15) is 39.0 Å². The number of likely N-dealkylation sites (tertiary alicyclic amines) is 1. The summed E-state index contributed by atoms with van der Waals surface area (Å²) in [5, 5.41) is 0. The Morgan fingerprint density at radius 2 is 2.00 bits per heavy atom. The van der Waals surface area contributed by atoms with Gasteiger partial charge in [-0.1, -0.05) is 19.8 Å². The van der Waals surface area contributed by atoms with Crippen molar-refractivity contribution in [3.63, 3.8) is 0 Å². The first kappa shape index (κ1) is 10.6. The summed E-state index contributed by atoms with van der Waals surface area (Å²) in [7, 11) is 0. The molecule has 1 atom stereocenters. The molecule has 2 aliphatic rings. The Labute approximate surface area is 89.8 Å². The molecular formula is C11H18N2O2. The molecule has 0 aromatic heterocycles. The first-order valence-corrected chi connectivity index (χ1v) is 5.68. The first-order valence-electron chi connectivity index (χ1n) is 5.68. The number of nitrogens with zero attached hydrogens (tertiary/aromatic N) is 1. The Morgan fingerprint density at radius 1 is 1.40 bits per heavy atom. The van der Waals surface area contributed by atoms with Gasteiger partial charge in [0.05, 0.1) is 5.54 Å². The number of hydrogen-bond donors (Lipinski definition) is 1. The van der Waals surface area contributed by atoms with E-state index in [0.29, 0.717) is 13.0 Å². The lowest BCUT2D eigenvalue weighted by atomic mass is 9.95. The molecule has 15 heavy (non-hydrogen) atoms. The molecule has 0 bridgehead atoms. The SMILES string of the molecule is CC1CC(=O)N(C2(CN)CCCC2)C1=O. The quantitative estimate of drug-likeness (QED) is 0.681. The summed E-state index contributed by atoms with van der Waals surface area (Å²) in [6.07, 6.45) is 4.27. The van der Waals surface area contributed by atoms with E-state index in [2.05, 4.69) is 0 Å². The maximum Gasteiger partial charge on any atom is 0.233 e. The lowest BCUT2D eigenvalue weighted by Crippen LogP contribution is -2.54. The van der Waals surface area contributed by atoms with E-state index in [-0.39, 0.29) is 23.3 Å². The molecule has 1 unspecified atom stereocenters. The van der Waals surface area contributed by atoms with Crippen molar-refractivity contribution in [1.82, 2.24) is 4.90 Å². The predicted octanol–water partition coefficient (Wildman–Crippen LogP) is 0.653. The zero-order chi connectivity index (χ0) is 11.1. The van der Waals surface area contributed by atoms with Gasteiger partial charge in [0.15, 0.2) is 0 Å². The van der Waals surface area contributed by atoms with Gasteiger partial charge in [-0.3, -0.25) is 14.5 Å². The normalized spacial score (nSPS) is 30.3. The average molecular weight is 210 g/mol. The van der Waals surface area contributed by atoms with Gasteiger partial charge in [0, 0.05) is 18.9 Å². The lowest BCUT2D eigenvalue weighted by molar-refractivity contribution is -0.146. The molecule has 1 aliphatic heterocycles. The second-order valence-electron chi connectivity index (χ2n) is 4.81. The van der Waals surface area contributed by atoms with Crippen molar-refractivity contribution in [1.29, 1.82) is 0 Å². The van der Waals surface area contributed by atoms with Gasteiger partial charge in [0.2, 0.25) is 11.8 Å². The maximum absolute atomic E-state index is 11.9. The monoisotopic (exact) mass is 210 g/mol. The minimum Gasteiger partial charge on any atom is -0.328 e. The van der Waals surface area contributed by atoms with Gasteiger partial charge >= 0.3 is 0 Å². The van der Waals surface area contributed by atoms with Crippen molar-refractivity contribution in [2.24, 2.45) is 11.7 Å². The molecule has 0 spiro atoms. The van der Waals surface area contributed by atoms with Gasteiger partial charge in [-0.05, 0) is 12.8 Å². The van der Waals surface area contributed by atoms with Crippen molar-refractivity contribution in [3.8, 4) is 0 Å². The van der Waals surface area contributed by atoms with Gasteiger partial charge in [0.25, 0.3) is 0 Å². The second kappa shape index (κ2) is 3.59. The molecule has 1 saturated carbocycles. The van der Waals surface area contributed by atoms with Crippen LogP contribution in [0.2, 0.25) is 0 Å². The molecule has 2 rings (SSSR count). The van der Waals surface area contributed by atoms with E-state index < -0.39 is 0 Å². The van der Waals surface area contributed by atoms with Crippen LogP contribution in [-0.4, -0.2) is 28.8 Å². The standard InChI is InChI=1S/C11H18N2O2/c1-8-6-9(14)13(10(8)15)11(7-12)4-2-3-5-11/h8H,2-7,12H2,1H3. The molecule has 2 amide bonds. The highest BCUT2D eigenvalue weighted by molar-refractivity contribution is 6.04. The number of carbonyl (C=O) groups excluding carboxylic acids is 2. The summed E-state index contributed by atoms with van der Waals surface area (Å²) in [6.45, 7) is 2.23. The second-order valence-corrected chi connectivity index (χ2v) is 4.81. The molecule has 1 aliphatic carbocycles. The third-order valence-electron chi connectivity index (χ3n) is 3.76. The molecule has 84 valence electrons. The van der Waals surface area contributed by atoms with Crippen molar-refractivity contribution >= 4 is 11.8 Å². The Bertz CT molecular complexity index is 295. The van der Waals surface area contributed by atoms with Crippen molar-refractivity contribution in [2.45, 2.75) is 44.6 Å². The predicted molar refractivity (Wildman–Crippen MR) is 55.9 cm³/mol. The van der Waals surface area contributed by atoms with Crippen LogP contribution in [0.15, 0.2) is 0 Å². The van der Waals surface area contributed by atoms with E-state index >= 15 is 0 Å². The zero-order valence-electron chi connectivity index (χ0n) is 9.16.